The highest BCUT2D eigenvalue weighted by molar-refractivity contribution is 5.35. The Morgan fingerprint density at radius 1 is 1.05 bits per heavy atom. The van der Waals surface area contributed by atoms with Gasteiger partial charge in [0, 0.05) is 25.2 Å². The molecule has 102 valence electrons. The Balaban J connectivity index is 1.45. The van der Waals surface area contributed by atoms with Gasteiger partial charge in [-0.2, -0.15) is 0 Å². The topological polar surface area (TPSA) is 15.3 Å². The minimum absolute atomic E-state index is 0.715. The second kappa shape index (κ2) is 4.92. The fourth-order valence-corrected chi connectivity index (χ4v) is 3.68. The van der Waals surface area contributed by atoms with Crippen LogP contribution in [0.3, 0.4) is 0 Å². The lowest BCUT2D eigenvalue weighted by Gasteiger charge is -2.23. The van der Waals surface area contributed by atoms with Gasteiger partial charge in [0.05, 0.1) is 0 Å². The maximum Gasteiger partial charge on any atom is 0.0243 e. The van der Waals surface area contributed by atoms with E-state index in [-0.39, 0.29) is 0 Å². The Morgan fingerprint density at radius 3 is 2.74 bits per heavy atom. The van der Waals surface area contributed by atoms with Crippen LogP contribution in [0.25, 0.3) is 0 Å². The van der Waals surface area contributed by atoms with E-state index in [1.807, 2.05) is 0 Å². The number of rotatable bonds is 3. The SMILES string of the molecule is c1cc2c(cc1CC1CCCCN1)CN(C1CC1)C2. The molecule has 1 unspecified atom stereocenters. The van der Waals surface area contributed by atoms with Crippen molar-refractivity contribution in [3.05, 3.63) is 34.9 Å². The van der Waals surface area contributed by atoms with Gasteiger partial charge in [0.15, 0.2) is 0 Å². The molecule has 19 heavy (non-hydrogen) atoms. The van der Waals surface area contributed by atoms with Crippen LogP contribution in [0.1, 0.15) is 48.8 Å². The molecule has 2 aliphatic heterocycles. The van der Waals surface area contributed by atoms with Gasteiger partial charge < -0.3 is 5.32 Å². The summed E-state index contributed by atoms with van der Waals surface area (Å²) in [5, 5.41) is 3.66. The molecule has 0 bridgehead atoms. The third-order valence-electron chi connectivity index (χ3n) is 4.98. The van der Waals surface area contributed by atoms with Crippen LogP contribution in [0.15, 0.2) is 18.2 Å². The molecule has 1 aromatic rings. The molecule has 2 heteroatoms. The quantitative estimate of drug-likeness (QED) is 0.894. The van der Waals surface area contributed by atoms with E-state index in [1.54, 1.807) is 11.1 Å². The molecule has 1 atom stereocenters. The molecule has 1 saturated heterocycles. The molecule has 0 spiro atoms. The van der Waals surface area contributed by atoms with Crippen molar-refractivity contribution in [3.63, 3.8) is 0 Å². The van der Waals surface area contributed by atoms with Crippen LogP contribution in [0.2, 0.25) is 0 Å². The lowest BCUT2D eigenvalue weighted by molar-refractivity contribution is 0.273. The third kappa shape index (κ3) is 2.56. The standard InChI is InChI=1S/C17H24N2/c1-2-8-18-16(3-1)10-13-4-5-14-11-19(17-6-7-17)12-15(14)9-13/h4-5,9,16-18H,1-3,6-8,10-12H2. The van der Waals surface area contributed by atoms with Crippen molar-refractivity contribution in [1.29, 1.82) is 0 Å². The Morgan fingerprint density at radius 2 is 1.95 bits per heavy atom. The Hall–Kier alpha value is -0.860. The zero-order valence-corrected chi connectivity index (χ0v) is 11.7. The summed E-state index contributed by atoms with van der Waals surface area (Å²) in [5.41, 5.74) is 4.71. The Bertz CT molecular complexity index is 458. The first-order valence-corrected chi connectivity index (χ1v) is 7.96. The summed E-state index contributed by atoms with van der Waals surface area (Å²) in [6, 6.07) is 8.85. The van der Waals surface area contributed by atoms with Gasteiger partial charge in [0.1, 0.15) is 0 Å². The van der Waals surface area contributed by atoms with Gasteiger partial charge in [-0.3, -0.25) is 4.90 Å². The van der Waals surface area contributed by atoms with Crippen LogP contribution in [0.5, 0.6) is 0 Å². The van der Waals surface area contributed by atoms with Crippen LogP contribution in [-0.2, 0) is 19.5 Å². The first kappa shape index (κ1) is 11.9. The molecule has 4 rings (SSSR count). The highest BCUT2D eigenvalue weighted by atomic mass is 15.2. The lowest BCUT2D eigenvalue weighted by atomic mass is 9.96. The molecule has 0 amide bonds. The zero-order valence-electron chi connectivity index (χ0n) is 11.7. The second-order valence-electron chi connectivity index (χ2n) is 6.59. The maximum absolute atomic E-state index is 3.66. The molecule has 2 nitrogen and oxygen atoms in total. The fourth-order valence-electron chi connectivity index (χ4n) is 3.68. The summed E-state index contributed by atoms with van der Waals surface area (Å²) in [4.78, 5) is 2.66. The predicted molar refractivity (Wildman–Crippen MR) is 78.1 cm³/mol. The van der Waals surface area contributed by atoms with Gasteiger partial charge in [-0.05, 0) is 55.3 Å². The molecule has 1 aromatic carbocycles. The third-order valence-corrected chi connectivity index (χ3v) is 4.98. The van der Waals surface area contributed by atoms with Crippen LogP contribution >= 0.6 is 0 Å². The van der Waals surface area contributed by atoms with Crippen LogP contribution < -0.4 is 5.32 Å². The molecule has 3 aliphatic rings. The van der Waals surface area contributed by atoms with Crippen LogP contribution in [0, 0.1) is 0 Å². The van der Waals surface area contributed by atoms with E-state index >= 15 is 0 Å². The van der Waals surface area contributed by atoms with Crippen LogP contribution in [-0.4, -0.2) is 23.5 Å². The number of nitrogens with one attached hydrogen (secondary N) is 1. The van der Waals surface area contributed by atoms with Gasteiger partial charge >= 0.3 is 0 Å². The first-order chi connectivity index (χ1) is 9.38. The molecule has 2 fully saturated rings. The average Bonchev–Trinajstić information content (AvgIpc) is 3.20. The van der Waals surface area contributed by atoms with Gasteiger partial charge in [0.25, 0.3) is 0 Å². The highest BCUT2D eigenvalue weighted by Gasteiger charge is 2.32. The normalized spacial score (nSPS) is 27.5. The molecular weight excluding hydrogens is 232 g/mol. The van der Waals surface area contributed by atoms with Crippen molar-refractivity contribution in [2.24, 2.45) is 0 Å². The number of benzene rings is 1. The minimum Gasteiger partial charge on any atom is -0.314 e. The first-order valence-electron chi connectivity index (χ1n) is 7.96. The predicted octanol–water partition coefficient (Wildman–Crippen LogP) is 2.85. The van der Waals surface area contributed by atoms with Crippen molar-refractivity contribution in [3.8, 4) is 0 Å². The summed E-state index contributed by atoms with van der Waals surface area (Å²) >= 11 is 0. The molecule has 1 N–H and O–H groups in total. The number of hydrogen-bond donors (Lipinski definition) is 1. The van der Waals surface area contributed by atoms with Crippen LogP contribution in [0.4, 0.5) is 0 Å². The molecule has 2 heterocycles. The van der Waals surface area contributed by atoms with Gasteiger partial charge in [-0.1, -0.05) is 24.6 Å². The van der Waals surface area contributed by atoms with Crippen molar-refractivity contribution in [2.75, 3.05) is 6.54 Å². The average molecular weight is 256 g/mol. The van der Waals surface area contributed by atoms with E-state index in [0.29, 0.717) is 6.04 Å². The summed E-state index contributed by atoms with van der Waals surface area (Å²) < 4.78 is 0. The number of piperidine rings is 1. The summed E-state index contributed by atoms with van der Waals surface area (Å²) in [5.74, 6) is 0. The van der Waals surface area contributed by atoms with Crippen molar-refractivity contribution < 1.29 is 0 Å². The molecule has 0 aromatic heterocycles. The summed E-state index contributed by atoms with van der Waals surface area (Å²) in [6.07, 6.45) is 8.18. The number of nitrogens with zero attached hydrogens (tertiary/aromatic N) is 1. The number of hydrogen-bond acceptors (Lipinski definition) is 2. The van der Waals surface area contributed by atoms with Gasteiger partial charge in [-0.15, -0.1) is 0 Å². The molecular formula is C17H24N2. The smallest absolute Gasteiger partial charge is 0.0243 e. The minimum atomic E-state index is 0.715. The molecule has 0 radical (unpaired) electrons. The van der Waals surface area contributed by atoms with Crippen molar-refractivity contribution in [2.45, 2.75) is 63.7 Å². The van der Waals surface area contributed by atoms with E-state index in [1.165, 1.54) is 63.7 Å². The Labute approximate surface area is 116 Å². The van der Waals surface area contributed by atoms with Gasteiger partial charge in [0.2, 0.25) is 0 Å². The van der Waals surface area contributed by atoms with Crippen molar-refractivity contribution in [1.82, 2.24) is 10.2 Å². The largest absolute Gasteiger partial charge is 0.314 e. The fraction of sp³-hybridized carbons (Fsp3) is 0.647. The summed E-state index contributed by atoms with van der Waals surface area (Å²) in [7, 11) is 0. The van der Waals surface area contributed by atoms with E-state index in [2.05, 4.69) is 28.4 Å². The van der Waals surface area contributed by atoms with Gasteiger partial charge in [-0.25, -0.2) is 0 Å². The maximum atomic E-state index is 3.66. The summed E-state index contributed by atoms with van der Waals surface area (Å²) in [6.45, 7) is 3.61. The van der Waals surface area contributed by atoms with E-state index in [0.717, 1.165) is 6.04 Å². The van der Waals surface area contributed by atoms with E-state index < -0.39 is 0 Å². The van der Waals surface area contributed by atoms with E-state index in [9.17, 15) is 0 Å². The number of fused-ring (bicyclic) bond motifs is 1. The zero-order chi connectivity index (χ0) is 12.7. The van der Waals surface area contributed by atoms with Crippen molar-refractivity contribution >= 4 is 0 Å². The monoisotopic (exact) mass is 256 g/mol. The molecule has 1 saturated carbocycles. The lowest BCUT2D eigenvalue weighted by Crippen LogP contribution is -2.35. The molecule has 1 aliphatic carbocycles. The second-order valence-corrected chi connectivity index (χ2v) is 6.59. The highest BCUT2D eigenvalue weighted by Crippen LogP contribution is 2.35. The van der Waals surface area contributed by atoms with E-state index in [4.69, 9.17) is 0 Å². The Kier molecular flexibility index (Phi) is 3.08.